The Morgan fingerprint density at radius 2 is 2.00 bits per heavy atom. The number of halogens is 2. The van der Waals surface area contributed by atoms with E-state index in [-0.39, 0.29) is 5.82 Å². The first-order chi connectivity index (χ1) is 7.59. The number of fused-ring (bicyclic) bond motifs is 1. The molecule has 16 heavy (non-hydrogen) atoms. The van der Waals surface area contributed by atoms with Gasteiger partial charge in [0.2, 0.25) is 0 Å². The van der Waals surface area contributed by atoms with Crippen molar-refractivity contribution in [1.82, 2.24) is 4.98 Å². The van der Waals surface area contributed by atoms with Crippen molar-refractivity contribution in [3.63, 3.8) is 0 Å². The average Bonchev–Trinajstić information content (AvgIpc) is 2.23. The fraction of sp³-hybridized carbons (Fsp3) is 0.308. The van der Waals surface area contributed by atoms with Crippen LogP contribution in [-0.2, 0) is 6.42 Å². The number of nitrogens with zero attached hydrogens (tertiary/aromatic N) is 1. The number of hydrogen-bond donors (Lipinski definition) is 0. The lowest BCUT2D eigenvalue weighted by Crippen LogP contribution is -1.98. The third kappa shape index (κ3) is 2.03. The molecule has 0 atom stereocenters. The molecule has 0 N–H and O–H groups in total. The largest absolute Gasteiger partial charge is 0.244 e. The molecule has 0 saturated heterocycles. The molecule has 0 saturated carbocycles. The number of pyridine rings is 1. The van der Waals surface area contributed by atoms with Gasteiger partial charge in [-0.2, -0.15) is 0 Å². The summed E-state index contributed by atoms with van der Waals surface area (Å²) in [6, 6.07) is 5.30. The molecule has 0 spiro atoms. The van der Waals surface area contributed by atoms with Crippen molar-refractivity contribution in [2.45, 2.75) is 20.3 Å². The molecule has 2 aromatic rings. The molecule has 2 rings (SSSR count). The zero-order valence-corrected chi connectivity index (χ0v) is 10.1. The van der Waals surface area contributed by atoms with E-state index in [9.17, 15) is 4.39 Å². The van der Waals surface area contributed by atoms with Crippen molar-refractivity contribution in [2.75, 3.05) is 0 Å². The molecule has 0 amide bonds. The van der Waals surface area contributed by atoms with Gasteiger partial charge in [0, 0.05) is 17.0 Å². The van der Waals surface area contributed by atoms with Gasteiger partial charge in [0.25, 0.3) is 0 Å². The molecule has 0 bridgehead atoms. The van der Waals surface area contributed by atoms with Crippen LogP contribution < -0.4 is 0 Å². The zero-order valence-electron chi connectivity index (χ0n) is 9.30. The highest BCUT2D eigenvalue weighted by Gasteiger charge is 2.10. The highest BCUT2D eigenvalue weighted by molar-refractivity contribution is 6.34. The van der Waals surface area contributed by atoms with Gasteiger partial charge in [0.05, 0.1) is 0 Å². The number of benzene rings is 1. The Morgan fingerprint density at radius 1 is 1.25 bits per heavy atom. The van der Waals surface area contributed by atoms with Crippen molar-refractivity contribution in [1.29, 1.82) is 0 Å². The molecule has 0 aliphatic carbocycles. The predicted molar refractivity (Wildman–Crippen MR) is 65.3 cm³/mol. The molecular weight excluding hydrogens is 225 g/mol. The summed E-state index contributed by atoms with van der Waals surface area (Å²) in [5, 5.41) is 1.58. The number of aromatic nitrogens is 1. The lowest BCUT2D eigenvalue weighted by molar-refractivity contribution is 0.582. The van der Waals surface area contributed by atoms with Crippen LogP contribution in [0.25, 0.3) is 10.8 Å². The molecule has 1 heterocycles. The van der Waals surface area contributed by atoms with Gasteiger partial charge in [0.15, 0.2) is 0 Å². The van der Waals surface area contributed by atoms with E-state index in [1.165, 1.54) is 6.20 Å². The molecule has 3 heteroatoms. The van der Waals surface area contributed by atoms with Gasteiger partial charge in [-0.3, -0.25) is 0 Å². The first kappa shape index (κ1) is 11.3. The Morgan fingerprint density at radius 3 is 2.69 bits per heavy atom. The molecule has 84 valence electrons. The minimum Gasteiger partial charge on any atom is -0.244 e. The maximum absolute atomic E-state index is 14.1. The first-order valence-corrected chi connectivity index (χ1v) is 5.69. The van der Waals surface area contributed by atoms with Crippen molar-refractivity contribution >= 4 is 22.4 Å². The van der Waals surface area contributed by atoms with Crippen LogP contribution in [0.5, 0.6) is 0 Å². The van der Waals surface area contributed by atoms with Gasteiger partial charge < -0.3 is 0 Å². The molecule has 0 unspecified atom stereocenters. The van der Waals surface area contributed by atoms with Gasteiger partial charge >= 0.3 is 0 Å². The van der Waals surface area contributed by atoms with Crippen LogP contribution in [0.2, 0.25) is 5.15 Å². The van der Waals surface area contributed by atoms with E-state index in [1.807, 2.05) is 6.07 Å². The van der Waals surface area contributed by atoms with E-state index in [0.29, 0.717) is 21.8 Å². The third-order valence-corrected chi connectivity index (χ3v) is 2.84. The highest BCUT2D eigenvalue weighted by atomic mass is 35.5. The summed E-state index contributed by atoms with van der Waals surface area (Å²) < 4.78 is 14.1. The van der Waals surface area contributed by atoms with Crippen LogP contribution in [0.15, 0.2) is 24.4 Å². The van der Waals surface area contributed by atoms with Gasteiger partial charge in [-0.25, -0.2) is 9.37 Å². The van der Waals surface area contributed by atoms with E-state index in [2.05, 4.69) is 18.8 Å². The van der Waals surface area contributed by atoms with E-state index in [0.717, 1.165) is 12.0 Å². The van der Waals surface area contributed by atoms with Crippen LogP contribution in [0.4, 0.5) is 4.39 Å². The van der Waals surface area contributed by atoms with Crippen molar-refractivity contribution in [2.24, 2.45) is 5.92 Å². The van der Waals surface area contributed by atoms with Crippen molar-refractivity contribution < 1.29 is 4.39 Å². The molecular formula is C13H13ClFN. The summed E-state index contributed by atoms with van der Waals surface area (Å²) >= 11 is 5.91. The van der Waals surface area contributed by atoms with Gasteiger partial charge in [0.1, 0.15) is 11.0 Å². The standard InChI is InChI=1S/C13H13ClFN/c1-8(2)7-9-3-4-11-10(12(9)15)5-6-16-13(11)14/h3-6,8H,7H2,1-2H3. The smallest absolute Gasteiger partial charge is 0.136 e. The topological polar surface area (TPSA) is 12.9 Å². The van der Waals surface area contributed by atoms with Gasteiger partial charge in [-0.05, 0) is 24.0 Å². The highest BCUT2D eigenvalue weighted by Crippen LogP contribution is 2.26. The van der Waals surface area contributed by atoms with Gasteiger partial charge in [-0.1, -0.05) is 37.6 Å². The van der Waals surface area contributed by atoms with E-state index < -0.39 is 0 Å². The Bertz CT molecular complexity index is 523. The molecule has 1 aromatic carbocycles. The lowest BCUT2D eigenvalue weighted by Gasteiger charge is -2.09. The maximum atomic E-state index is 14.1. The maximum Gasteiger partial charge on any atom is 0.136 e. The van der Waals surface area contributed by atoms with Crippen molar-refractivity contribution in [3.05, 3.63) is 40.9 Å². The second-order valence-corrected chi connectivity index (χ2v) is 4.69. The molecule has 0 aliphatic heterocycles. The van der Waals surface area contributed by atoms with Crippen LogP contribution in [-0.4, -0.2) is 4.98 Å². The van der Waals surface area contributed by atoms with E-state index in [1.54, 1.807) is 12.1 Å². The van der Waals surface area contributed by atoms with E-state index >= 15 is 0 Å². The van der Waals surface area contributed by atoms with Crippen LogP contribution in [0, 0.1) is 11.7 Å². The molecule has 0 aliphatic rings. The molecule has 1 aromatic heterocycles. The van der Waals surface area contributed by atoms with Crippen LogP contribution in [0.3, 0.4) is 0 Å². The number of hydrogen-bond acceptors (Lipinski definition) is 1. The van der Waals surface area contributed by atoms with Crippen LogP contribution >= 0.6 is 11.6 Å². The summed E-state index contributed by atoms with van der Waals surface area (Å²) in [5.74, 6) is 0.264. The summed E-state index contributed by atoms with van der Waals surface area (Å²) in [5.41, 5.74) is 0.741. The molecule has 0 fully saturated rings. The third-order valence-electron chi connectivity index (χ3n) is 2.54. The minimum absolute atomic E-state index is 0.171. The summed E-state index contributed by atoms with van der Waals surface area (Å²) in [6.07, 6.45) is 2.27. The minimum atomic E-state index is -0.171. The summed E-state index contributed by atoms with van der Waals surface area (Å²) in [7, 11) is 0. The second-order valence-electron chi connectivity index (χ2n) is 4.33. The predicted octanol–water partition coefficient (Wildman–Crippen LogP) is 4.23. The Balaban J connectivity index is 2.61. The number of rotatable bonds is 2. The summed E-state index contributed by atoms with van der Waals surface area (Å²) in [4.78, 5) is 3.94. The Hall–Kier alpha value is -1.15. The monoisotopic (exact) mass is 237 g/mol. The fourth-order valence-electron chi connectivity index (χ4n) is 1.83. The fourth-order valence-corrected chi connectivity index (χ4v) is 2.05. The SMILES string of the molecule is CC(C)Cc1ccc2c(Cl)nccc2c1F. The van der Waals surface area contributed by atoms with E-state index in [4.69, 9.17) is 11.6 Å². The van der Waals surface area contributed by atoms with Gasteiger partial charge in [-0.15, -0.1) is 0 Å². The second kappa shape index (κ2) is 4.38. The zero-order chi connectivity index (χ0) is 11.7. The van der Waals surface area contributed by atoms with Crippen molar-refractivity contribution in [3.8, 4) is 0 Å². The lowest BCUT2D eigenvalue weighted by atomic mass is 9.99. The Labute approximate surface area is 99.3 Å². The average molecular weight is 238 g/mol. The molecule has 1 nitrogen and oxygen atoms in total. The molecule has 0 radical (unpaired) electrons. The van der Waals surface area contributed by atoms with Crippen LogP contribution in [0.1, 0.15) is 19.4 Å². The first-order valence-electron chi connectivity index (χ1n) is 5.31. The summed E-state index contributed by atoms with van der Waals surface area (Å²) in [6.45, 7) is 4.15. The normalized spacial score (nSPS) is 11.3. The quantitative estimate of drug-likeness (QED) is 0.713. The Kier molecular flexibility index (Phi) is 3.10.